The highest BCUT2D eigenvalue weighted by Gasteiger charge is 2.16. The van der Waals surface area contributed by atoms with Crippen LogP contribution in [0.3, 0.4) is 0 Å². The lowest BCUT2D eigenvalue weighted by atomic mass is 10.2. The average Bonchev–Trinajstić information content (AvgIpc) is 2.97. The molecule has 0 amide bonds. The fraction of sp³-hybridized carbons (Fsp3) is 0.647. The Morgan fingerprint density at radius 3 is 2.70 bits per heavy atom. The van der Waals surface area contributed by atoms with Crippen LogP contribution in [0.15, 0.2) is 18.2 Å². The van der Waals surface area contributed by atoms with Gasteiger partial charge in [0.2, 0.25) is 0 Å². The molecule has 1 aliphatic carbocycles. The normalized spacial score (nSPS) is 15.5. The molecule has 0 unspecified atom stereocenters. The van der Waals surface area contributed by atoms with Crippen molar-refractivity contribution < 1.29 is 14.8 Å². The van der Waals surface area contributed by atoms with Gasteiger partial charge in [-0.3, -0.25) is 0 Å². The van der Waals surface area contributed by atoms with Crippen molar-refractivity contribution in [2.24, 2.45) is 0 Å². The van der Waals surface area contributed by atoms with E-state index in [2.05, 4.69) is 18.3 Å². The predicted molar refractivity (Wildman–Crippen MR) is 81.5 cm³/mol. The predicted octanol–water partition coefficient (Wildman–Crippen LogP) is 2.67. The van der Waals surface area contributed by atoms with Crippen LogP contribution in [0.2, 0.25) is 0 Å². The van der Waals surface area contributed by atoms with Gasteiger partial charge in [0, 0.05) is 0 Å². The molecule has 1 fully saturated rings. The Labute approximate surface area is 122 Å². The first kappa shape index (κ1) is 15.2. The molecule has 0 radical (unpaired) electrons. The fourth-order valence-electron chi connectivity index (χ4n) is 2.87. The van der Waals surface area contributed by atoms with Crippen LogP contribution in [0, 0.1) is 6.92 Å². The second kappa shape index (κ2) is 8.15. The summed E-state index contributed by atoms with van der Waals surface area (Å²) in [5.74, 6) is 1.69. The molecule has 3 nitrogen and oxygen atoms in total. The number of hydrogen-bond donors (Lipinski definition) is 1. The van der Waals surface area contributed by atoms with Gasteiger partial charge in [-0.1, -0.05) is 6.07 Å². The maximum atomic E-state index is 5.82. The zero-order valence-electron chi connectivity index (χ0n) is 12.9. The van der Waals surface area contributed by atoms with Gasteiger partial charge in [-0.05, 0) is 63.1 Å². The molecule has 0 atom stereocenters. The molecular weight excluding hydrogens is 250 g/mol. The Balaban J connectivity index is 1.60. The molecule has 0 aromatic heterocycles. The van der Waals surface area contributed by atoms with E-state index in [9.17, 15) is 0 Å². The minimum Gasteiger partial charge on any atom is -0.493 e. The fourth-order valence-corrected chi connectivity index (χ4v) is 2.87. The summed E-state index contributed by atoms with van der Waals surface area (Å²) in [4.78, 5) is 0. The summed E-state index contributed by atoms with van der Waals surface area (Å²) in [6.45, 7) is 4.07. The molecule has 112 valence electrons. The highest BCUT2D eigenvalue weighted by atomic mass is 16.5. The third kappa shape index (κ3) is 4.71. The van der Waals surface area contributed by atoms with E-state index in [-0.39, 0.29) is 0 Å². The highest BCUT2D eigenvalue weighted by molar-refractivity contribution is 5.42. The number of benzene rings is 1. The number of unbranched alkanes of at least 4 members (excludes halogenated alkanes) is 1. The number of nitrogens with two attached hydrogens (primary N) is 1. The van der Waals surface area contributed by atoms with Crippen LogP contribution in [0.4, 0.5) is 0 Å². The van der Waals surface area contributed by atoms with Gasteiger partial charge in [0.05, 0.1) is 26.3 Å². The van der Waals surface area contributed by atoms with Crippen molar-refractivity contribution in [3.63, 3.8) is 0 Å². The van der Waals surface area contributed by atoms with Gasteiger partial charge in [0.25, 0.3) is 0 Å². The molecule has 0 heterocycles. The molecule has 20 heavy (non-hydrogen) atoms. The zero-order valence-corrected chi connectivity index (χ0v) is 12.9. The summed E-state index contributed by atoms with van der Waals surface area (Å²) in [5.41, 5.74) is 1.19. The Bertz CT molecular complexity index is 400. The molecule has 2 N–H and O–H groups in total. The van der Waals surface area contributed by atoms with Crippen LogP contribution in [-0.2, 0) is 0 Å². The molecule has 1 saturated carbocycles. The van der Waals surface area contributed by atoms with Gasteiger partial charge in [-0.2, -0.15) is 0 Å². The molecular formula is C17H28NO2+. The third-order valence-corrected chi connectivity index (χ3v) is 4.07. The molecule has 0 saturated heterocycles. The van der Waals surface area contributed by atoms with Crippen molar-refractivity contribution in [2.45, 2.75) is 51.5 Å². The van der Waals surface area contributed by atoms with Gasteiger partial charge in [0.1, 0.15) is 0 Å². The van der Waals surface area contributed by atoms with E-state index < -0.39 is 0 Å². The van der Waals surface area contributed by atoms with Gasteiger partial charge in [-0.15, -0.1) is 0 Å². The van der Waals surface area contributed by atoms with E-state index >= 15 is 0 Å². The van der Waals surface area contributed by atoms with E-state index in [0.717, 1.165) is 30.6 Å². The summed E-state index contributed by atoms with van der Waals surface area (Å²) >= 11 is 0. The SMILES string of the molecule is COc1cc(C)ccc1OCCCC[NH2+]C1CCCC1. The highest BCUT2D eigenvalue weighted by Crippen LogP contribution is 2.27. The molecule has 0 spiro atoms. The van der Waals surface area contributed by atoms with Crippen LogP contribution in [0.1, 0.15) is 44.1 Å². The van der Waals surface area contributed by atoms with Crippen molar-refractivity contribution in [1.82, 2.24) is 0 Å². The van der Waals surface area contributed by atoms with Crippen LogP contribution in [0.25, 0.3) is 0 Å². The Morgan fingerprint density at radius 2 is 1.95 bits per heavy atom. The second-order valence-corrected chi connectivity index (χ2v) is 5.78. The van der Waals surface area contributed by atoms with Crippen molar-refractivity contribution in [1.29, 1.82) is 0 Å². The van der Waals surface area contributed by atoms with E-state index in [1.807, 2.05) is 12.1 Å². The summed E-state index contributed by atoms with van der Waals surface area (Å²) in [5, 5.41) is 2.53. The quantitative estimate of drug-likeness (QED) is 0.742. The van der Waals surface area contributed by atoms with Crippen LogP contribution in [-0.4, -0.2) is 26.3 Å². The smallest absolute Gasteiger partial charge is 0.161 e. The third-order valence-electron chi connectivity index (χ3n) is 4.07. The van der Waals surface area contributed by atoms with E-state index in [4.69, 9.17) is 9.47 Å². The van der Waals surface area contributed by atoms with Crippen LogP contribution in [0.5, 0.6) is 11.5 Å². The van der Waals surface area contributed by atoms with Crippen LogP contribution >= 0.6 is 0 Å². The molecule has 0 aliphatic heterocycles. The molecule has 1 aromatic carbocycles. The van der Waals surface area contributed by atoms with Gasteiger partial charge in [-0.25, -0.2) is 0 Å². The van der Waals surface area contributed by atoms with Crippen molar-refractivity contribution in [2.75, 3.05) is 20.3 Å². The van der Waals surface area contributed by atoms with Crippen molar-refractivity contribution in [3.8, 4) is 11.5 Å². The van der Waals surface area contributed by atoms with Gasteiger partial charge in [0.15, 0.2) is 11.5 Å². The largest absolute Gasteiger partial charge is 0.493 e. The van der Waals surface area contributed by atoms with Crippen LogP contribution < -0.4 is 14.8 Å². The lowest BCUT2D eigenvalue weighted by Gasteiger charge is -2.11. The molecule has 1 aliphatic rings. The van der Waals surface area contributed by atoms with Crippen molar-refractivity contribution in [3.05, 3.63) is 23.8 Å². The Morgan fingerprint density at radius 1 is 1.15 bits per heavy atom. The lowest BCUT2D eigenvalue weighted by Crippen LogP contribution is -2.89. The van der Waals surface area contributed by atoms with Gasteiger partial charge < -0.3 is 14.8 Å². The minimum absolute atomic E-state index is 0.776. The number of quaternary nitrogens is 1. The van der Waals surface area contributed by atoms with Gasteiger partial charge >= 0.3 is 0 Å². The number of rotatable bonds is 8. The molecule has 1 aromatic rings. The summed E-state index contributed by atoms with van der Waals surface area (Å²) in [6.07, 6.45) is 8.02. The lowest BCUT2D eigenvalue weighted by molar-refractivity contribution is -0.688. The summed E-state index contributed by atoms with van der Waals surface area (Å²) in [7, 11) is 1.69. The Hall–Kier alpha value is -1.22. The minimum atomic E-state index is 0.776. The summed E-state index contributed by atoms with van der Waals surface area (Å²) < 4.78 is 11.2. The summed E-state index contributed by atoms with van der Waals surface area (Å²) in [6, 6.07) is 6.97. The zero-order chi connectivity index (χ0) is 14.2. The maximum absolute atomic E-state index is 5.82. The first-order valence-electron chi connectivity index (χ1n) is 7.90. The first-order chi connectivity index (χ1) is 9.79. The average molecular weight is 278 g/mol. The van der Waals surface area contributed by atoms with Crippen molar-refractivity contribution >= 4 is 0 Å². The number of ether oxygens (including phenoxy) is 2. The van der Waals surface area contributed by atoms with E-state index in [1.54, 1.807) is 7.11 Å². The molecule has 3 heteroatoms. The van der Waals surface area contributed by atoms with E-state index in [0.29, 0.717) is 0 Å². The number of hydrogen-bond acceptors (Lipinski definition) is 2. The number of methoxy groups -OCH3 is 1. The molecule has 2 rings (SSSR count). The monoisotopic (exact) mass is 278 g/mol. The Kier molecular flexibility index (Phi) is 6.19. The standard InChI is InChI=1S/C17H27NO2/c1-14-9-10-16(17(13-14)19-2)20-12-6-5-11-18-15-7-3-4-8-15/h9-10,13,15,18H,3-8,11-12H2,1-2H3/p+1. The number of aryl methyl sites for hydroxylation is 1. The van der Waals surface area contributed by atoms with E-state index in [1.165, 1.54) is 44.2 Å². The second-order valence-electron chi connectivity index (χ2n) is 5.78. The molecule has 0 bridgehead atoms. The first-order valence-corrected chi connectivity index (χ1v) is 7.90. The topological polar surface area (TPSA) is 35.1 Å². The maximum Gasteiger partial charge on any atom is 0.161 e.